The summed E-state index contributed by atoms with van der Waals surface area (Å²) in [4.78, 5) is 2.90. The third kappa shape index (κ3) is 2.34. The van der Waals surface area contributed by atoms with Gasteiger partial charge in [0.2, 0.25) is 0 Å². The van der Waals surface area contributed by atoms with Gasteiger partial charge in [-0.2, -0.15) is 0 Å². The van der Waals surface area contributed by atoms with E-state index in [4.69, 9.17) is 0 Å². The SMILES string of the molecule is C1CCC2(C1)CN(CCC1CC1)C(C1CC1)CN2. The molecular formula is C16H28N2. The molecule has 0 aromatic carbocycles. The fraction of sp³-hybridized carbons (Fsp3) is 1.00. The second-order valence-corrected chi connectivity index (χ2v) is 7.48. The van der Waals surface area contributed by atoms with Crippen molar-refractivity contribution in [2.45, 2.75) is 69.4 Å². The van der Waals surface area contributed by atoms with Crippen LogP contribution in [0.5, 0.6) is 0 Å². The van der Waals surface area contributed by atoms with Gasteiger partial charge in [-0.1, -0.05) is 25.7 Å². The Balaban J connectivity index is 1.42. The van der Waals surface area contributed by atoms with Gasteiger partial charge >= 0.3 is 0 Å². The molecule has 2 heteroatoms. The minimum Gasteiger partial charge on any atom is -0.308 e. The molecular weight excluding hydrogens is 220 g/mol. The predicted molar refractivity (Wildman–Crippen MR) is 74.6 cm³/mol. The maximum atomic E-state index is 3.96. The van der Waals surface area contributed by atoms with Crippen LogP contribution in [0.15, 0.2) is 0 Å². The highest BCUT2D eigenvalue weighted by molar-refractivity contribution is 5.04. The molecule has 102 valence electrons. The van der Waals surface area contributed by atoms with E-state index in [9.17, 15) is 0 Å². The zero-order chi connectivity index (χ0) is 12.0. The van der Waals surface area contributed by atoms with Crippen LogP contribution in [0.4, 0.5) is 0 Å². The fourth-order valence-corrected chi connectivity index (χ4v) is 4.34. The van der Waals surface area contributed by atoms with Crippen LogP contribution in [0.2, 0.25) is 0 Å². The lowest BCUT2D eigenvalue weighted by Crippen LogP contribution is -2.63. The zero-order valence-electron chi connectivity index (χ0n) is 11.7. The van der Waals surface area contributed by atoms with Gasteiger partial charge in [0.15, 0.2) is 0 Å². The summed E-state index contributed by atoms with van der Waals surface area (Å²) in [6.45, 7) is 4.05. The molecule has 0 amide bonds. The van der Waals surface area contributed by atoms with Crippen molar-refractivity contribution >= 4 is 0 Å². The van der Waals surface area contributed by atoms with Crippen molar-refractivity contribution in [1.29, 1.82) is 0 Å². The molecule has 18 heavy (non-hydrogen) atoms. The Labute approximate surface area is 111 Å². The second kappa shape index (κ2) is 4.49. The Hall–Kier alpha value is -0.0800. The summed E-state index contributed by atoms with van der Waals surface area (Å²) >= 11 is 0. The molecule has 4 aliphatic rings. The second-order valence-electron chi connectivity index (χ2n) is 7.48. The maximum Gasteiger partial charge on any atom is 0.0309 e. The molecule has 0 radical (unpaired) electrons. The molecule has 1 atom stereocenters. The molecule has 3 aliphatic carbocycles. The highest BCUT2D eigenvalue weighted by Gasteiger charge is 2.45. The predicted octanol–water partition coefficient (Wildman–Crippen LogP) is 2.78. The molecule has 0 bridgehead atoms. The first kappa shape index (κ1) is 11.7. The molecule has 0 aromatic heterocycles. The van der Waals surface area contributed by atoms with E-state index in [0.29, 0.717) is 5.54 Å². The van der Waals surface area contributed by atoms with E-state index in [1.54, 1.807) is 0 Å². The fourth-order valence-electron chi connectivity index (χ4n) is 4.34. The van der Waals surface area contributed by atoms with Gasteiger partial charge in [-0.25, -0.2) is 0 Å². The van der Waals surface area contributed by atoms with Gasteiger partial charge in [-0.3, -0.25) is 4.90 Å². The summed E-state index contributed by atoms with van der Waals surface area (Å²) in [5, 5.41) is 3.96. The minimum atomic E-state index is 0.523. The van der Waals surface area contributed by atoms with Crippen LogP contribution in [0.25, 0.3) is 0 Å². The summed E-state index contributed by atoms with van der Waals surface area (Å²) in [6.07, 6.45) is 13.3. The lowest BCUT2D eigenvalue weighted by atomic mass is 9.91. The molecule has 4 rings (SSSR count). The van der Waals surface area contributed by atoms with Crippen molar-refractivity contribution in [3.63, 3.8) is 0 Å². The van der Waals surface area contributed by atoms with Crippen LogP contribution >= 0.6 is 0 Å². The Morgan fingerprint density at radius 3 is 2.50 bits per heavy atom. The van der Waals surface area contributed by atoms with Crippen molar-refractivity contribution in [3.05, 3.63) is 0 Å². The van der Waals surface area contributed by atoms with Gasteiger partial charge in [0.1, 0.15) is 0 Å². The number of rotatable bonds is 4. The lowest BCUT2D eigenvalue weighted by molar-refractivity contribution is 0.0669. The van der Waals surface area contributed by atoms with E-state index in [1.807, 2.05) is 0 Å². The number of hydrogen-bond acceptors (Lipinski definition) is 2. The van der Waals surface area contributed by atoms with Crippen molar-refractivity contribution in [2.24, 2.45) is 11.8 Å². The van der Waals surface area contributed by atoms with Crippen LogP contribution in [0.1, 0.15) is 57.8 Å². The number of nitrogens with zero attached hydrogens (tertiary/aromatic N) is 1. The van der Waals surface area contributed by atoms with Gasteiger partial charge < -0.3 is 5.32 Å². The third-order valence-electron chi connectivity index (χ3n) is 5.91. The molecule has 1 aliphatic heterocycles. The molecule has 1 saturated heterocycles. The Kier molecular flexibility index (Phi) is 2.92. The molecule has 4 fully saturated rings. The molecule has 0 aromatic rings. The summed E-state index contributed by atoms with van der Waals surface area (Å²) in [5.41, 5.74) is 0.523. The van der Waals surface area contributed by atoms with E-state index in [0.717, 1.165) is 17.9 Å². The van der Waals surface area contributed by atoms with Crippen LogP contribution in [-0.2, 0) is 0 Å². The Morgan fingerprint density at radius 1 is 1.06 bits per heavy atom. The normalized spacial score (nSPS) is 36.3. The van der Waals surface area contributed by atoms with Crippen LogP contribution in [0.3, 0.4) is 0 Å². The summed E-state index contributed by atoms with van der Waals surface area (Å²) in [5.74, 6) is 2.13. The standard InChI is InChI=1S/C16H28N2/c1-2-9-16(8-1)12-18(10-7-13-3-4-13)15(11-17-16)14-5-6-14/h13-15,17H,1-12H2. The molecule has 1 N–H and O–H groups in total. The number of nitrogens with one attached hydrogen (secondary N) is 1. The highest BCUT2D eigenvalue weighted by Crippen LogP contribution is 2.41. The zero-order valence-corrected chi connectivity index (χ0v) is 11.7. The number of hydrogen-bond donors (Lipinski definition) is 1. The third-order valence-corrected chi connectivity index (χ3v) is 5.91. The quantitative estimate of drug-likeness (QED) is 0.823. The molecule has 1 unspecified atom stereocenters. The highest BCUT2D eigenvalue weighted by atomic mass is 15.3. The van der Waals surface area contributed by atoms with E-state index in [1.165, 1.54) is 77.4 Å². The van der Waals surface area contributed by atoms with E-state index >= 15 is 0 Å². The topological polar surface area (TPSA) is 15.3 Å². The van der Waals surface area contributed by atoms with Gasteiger partial charge in [0.25, 0.3) is 0 Å². The van der Waals surface area contributed by atoms with Crippen LogP contribution in [0, 0.1) is 11.8 Å². The molecule has 3 saturated carbocycles. The van der Waals surface area contributed by atoms with Crippen molar-refractivity contribution < 1.29 is 0 Å². The van der Waals surface area contributed by atoms with Crippen LogP contribution in [-0.4, -0.2) is 36.1 Å². The van der Waals surface area contributed by atoms with Gasteiger partial charge in [0.05, 0.1) is 0 Å². The molecule has 1 spiro atoms. The van der Waals surface area contributed by atoms with E-state index in [2.05, 4.69) is 10.2 Å². The van der Waals surface area contributed by atoms with Gasteiger partial charge in [0, 0.05) is 24.7 Å². The maximum absolute atomic E-state index is 3.96. The molecule has 1 heterocycles. The smallest absolute Gasteiger partial charge is 0.0309 e. The van der Waals surface area contributed by atoms with Gasteiger partial charge in [-0.15, -0.1) is 0 Å². The Bertz CT molecular complexity index is 300. The monoisotopic (exact) mass is 248 g/mol. The Morgan fingerprint density at radius 2 is 1.83 bits per heavy atom. The van der Waals surface area contributed by atoms with Crippen LogP contribution < -0.4 is 5.32 Å². The largest absolute Gasteiger partial charge is 0.308 e. The number of piperazine rings is 1. The van der Waals surface area contributed by atoms with Crippen molar-refractivity contribution in [3.8, 4) is 0 Å². The van der Waals surface area contributed by atoms with Gasteiger partial charge in [-0.05, 0) is 50.5 Å². The van der Waals surface area contributed by atoms with E-state index in [-0.39, 0.29) is 0 Å². The van der Waals surface area contributed by atoms with E-state index < -0.39 is 0 Å². The first-order valence-corrected chi connectivity index (χ1v) is 8.34. The average Bonchev–Trinajstić information content (AvgIpc) is 3.28. The summed E-state index contributed by atoms with van der Waals surface area (Å²) in [6, 6.07) is 0.884. The average molecular weight is 248 g/mol. The van der Waals surface area contributed by atoms with Crippen molar-refractivity contribution in [1.82, 2.24) is 10.2 Å². The lowest BCUT2D eigenvalue weighted by Gasteiger charge is -2.47. The first-order valence-electron chi connectivity index (χ1n) is 8.34. The molecule has 2 nitrogen and oxygen atoms in total. The minimum absolute atomic E-state index is 0.523. The summed E-state index contributed by atoms with van der Waals surface area (Å²) in [7, 11) is 0. The van der Waals surface area contributed by atoms with Crippen molar-refractivity contribution in [2.75, 3.05) is 19.6 Å². The first-order chi connectivity index (χ1) is 8.85. The summed E-state index contributed by atoms with van der Waals surface area (Å²) < 4.78 is 0.